The first kappa shape index (κ1) is 15.9. The zero-order chi connectivity index (χ0) is 16.4. The van der Waals surface area contributed by atoms with Crippen molar-refractivity contribution in [2.24, 2.45) is 0 Å². The maximum Gasteiger partial charge on any atom is 0.253 e. The van der Waals surface area contributed by atoms with Gasteiger partial charge in [0.25, 0.3) is 5.91 Å². The summed E-state index contributed by atoms with van der Waals surface area (Å²) >= 11 is 1.70. The van der Waals surface area contributed by atoms with Crippen molar-refractivity contribution in [2.75, 3.05) is 13.1 Å². The molecule has 1 saturated heterocycles. The van der Waals surface area contributed by atoms with E-state index in [1.54, 1.807) is 11.3 Å². The zero-order valence-electron chi connectivity index (χ0n) is 13.9. The van der Waals surface area contributed by atoms with Crippen molar-refractivity contribution in [1.82, 2.24) is 10.2 Å². The molecule has 4 heteroatoms. The van der Waals surface area contributed by atoms with Gasteiger partial charge in [0, 0.05) is 30.7 Å². The second-order valence-corrected chi connectivity index (χ2v) is 7.73. The number of piperidine rings is 1. The summed E-state index contributed by atoms with van der Waals surface area (Å²) in [6, 6.07) is 11.5. The van der Waals surface area contributed by atoms with Crippen molar-refractivity contribution in [3.63, 3.8) is 0 Å². The van der Waals surface area contributed by atoms with Crippen LogP contribution in [0.2, 0.25) is 0 Å². The van der Waals surface area contributed by atoms with Crippen LogP contribution in [0.5, 0.6) is 0 Å². The van der Waals surface area contributed by atoms with Crippen molar-refractivity contribution >= 4 is 17.2 Å². The first-order chi connectivity index (χ1) is 11.8. The third-order valence-corrected chi connectivity index (χ3v) is 6.03. The van der Waals surface area contributed by atoms with Crippen LogP contribution in [0.4, 0.5) is 0 Å². The molecule has 1 saturated carbocycles. The molecule has 2 heterocycles. The van der Waals surface area contributed by atoms with Gasteiger partial charge in [0.1, 0.15) is 0 Å². The van der Waals surface area contributed by atoms with Crippen LogP contribution in [0.3, 0.4) is 0 Å². The number of carbonyl (C=O) groups excluding carboxylic acids is 1. The number of nitrogens with one attached hydrogen (secondary N) is 1. The van der Waals surface area contributed by atoms with Gasteiger partial charge >= 0.3 is 0 Å². The highest BCUT2D eigenvalue weighted by Crippen LogP contribution is 2.24. The van der Waals surface area contributed by atoms with Crippen molar-refractivity contribution in [3.8, 4) is 11.1 Å². The first-order valence-electron chi connectivity index (χ1n) is 8.97. The average Bonchev–Trinajstić information content (AvgIpc) is 3.13. The highest BCUT2D eigenvalue weighted by molar-refractivity contribution is 7.08. The lowest BCUT2D eigenvalue weighted by molar-refractivity contribution is 0.0697. The first-order valence-corrected chi connectivity index (χ1v) is 9.92. The maximum atomic E-state index is 12.7. The van der Waals surface area contributed by atoms with Crippen LogP contribution >= 0.6 is 11.3 Å². The molecular formula is C20H24N2OS. The Morgan fingerprint density at radius 1 is 0.958 bits per heavy atom. The number of amides is 1. The molecule has 0 radical (unpaired) electrons. The van der Waals surface area contributed by atoms with Gasteiger partial charge in [0.15, 0.2) is 0 Å². The van der Waals surface area contributed by atoms with Crippen LogP contribution in [-0.4, -0.2) is 36.0 Å². The van der Waals surface area contributed by atoms with Gasteiger partial charge in [0.2, 0.25) is 0 Å². The number of thiophene rings is 1. The molecule has 0 unspecified atom stereocenters. The van der Waals surface area contributed by atoms with Crippen LogP contribution in [0, 0.1) is 0 Å². The Morgan fingerprint density at radius 3 is 2.25 bits per heavy atom. The fourth-order valence-electron chi connectivity index (χ4n) is 3.57. The van der Waals surface area contributed by atoms with E-state index in [1.807, 2.05) is 17.0 Å². The average molecular weight is 340 g/mol. The SMILES string of the molecule is O=C(c1ccc(-c2ccsc2)cc1)N1CCC(NC2CCC2)CC1. The van der Waals surface area contributed by atoms with E-state index in [2.05, 4.69) is 34.3 Å². The molecule has 1 amide bonds. The van der Waals surface area contributed by atoms with Gasteiger partial charge in [-0.05, 0) is 65.8 Å². The van der Waals surface area contributed by atoms with Crippen LogP contribution in [-0.2, 0) is 0 Å². The molecule has 4 rings (SSSR count). The lowest BCUT2D eigenvalue weighted by Gasteiger charge is -2.37. The van der Waals surface area contributed by atoms with Gasteiger partial charge in [-0.2, -0.15) is 11.3 Å². The second kappa shape index (κ2) is 7.08. The fourth-order valence-corrected chi connectivity index (χ4v) is 4.24. The topological polar surface area (TPSA) is 32.3 Å². The van der Waals surface area contributed by atoms with Crippen LogP contribution in [0.15, 0.2) is 41.1 Å². The zero-order valence-corrected chi connectivity index (χ0v) is 14.7. The molecule has 3 nitrogen and oxygen atoms in total. The summed E-state index contributed by atoms with van der Waals surface area (Å²) in [6.45, 7) is 1.74. The molecule has 0 spiro atoms. The summed E-state index contributed by atoms with van der Waals surface area (Å²) in [6.07, 6.45) is 6.19. The van der Waals surface area contributed by atoms with E-state index in [-0.39, 0.29) is 5.91 Å². The van der Waals surface area contributed by atoms with Crippen molar-refractivity contribution < 1.29 is 4.79 Å². The molecule has 1 aliphatic heterocycles. The molecule has 2 aromatic rings. The highest BCUT2D eigenvalue weighted by Gasteiger charge is 2.26. The quantitative estimate of drug-likeness (QED) is 0.906. The summed E-state index contributed by atoms with van der Waals surface area (Å²) in [5.74, 6) is 0.175. The predicted molar refractivity (Wildman–Crippen MR) is 99.5 cm³/mol. The van der Waals surface area contributed by atoms with Crippen LogP contribution < -0.4 is 5.32 Å². The Morgan fingerprint density at radius 2 is 1.67 bits per heavy atom. The number of hydrogen-bond acceptors (Lipinski definition) is 3. The summed E-state index contributed by atoms with van der Waals surface area (Å²) in [5, 5.41) is 7.96. The molecule has 2 aliphatic rings. The van der Waals surface area contributed by atoms with Crippen molar-refractivity contribution in [3.05, 3.63) is 46.7 Å². The van der Waals surface area contributed by atoms with Gasteiger partial charge in [-0.25, -0.2) is 0 Å². The number of hydrogen-bond donors (Lipinski definition) is 1. The number of carbonyl (C=O) groups is 1. The van der Waals surface area contributed by atoms with Crippen LogP contribution in [0.1, 0.15) is 42.5 Å². The number of likely N-dealkylation sites (tertiary alicyclic amines) is 1. The molecule has 126 valence electrons. The summed E-state index contributed by atoms with van der Waals surface area (Å²) in [5.41, 5.74) is 3.21. The Balaban J connectivity index is 1.34. The number of benzene rings is 1. The van der Waals surface area contributed by atoms with Gasteiger partial charge in [-0.1, -0.05) is 18.6 Å². The van der Waals surface area contributed by atoms with Gasteiger partial charge in [0.05, 0.1) is 0 Å². The largest absolute Gasteiger partial charge is 0.339 e. The van der Waals surface area contributed by atoms with E-state index < -0.39 is 0 Å². The van der Waals surface area contributed by atoms with E-state index >= 15 is 0 Å². The summed E-state index contributed by atoms with van der Waals surface area (Å²) in [7, 11) is 0. The van der Waals surface area contributed by atoms with E-state index in [9.17, 15) is 4.79 Å². The summed E-state index contributed by atoms with van der Waals surface area (Å²) < 4.78 is 0. The van der Waals surface area contributed by atoms with Crippen molar-refractivity contribution in [2.45, 2.75) is 44.2 Å². The van der Waals surface area contributed by atoms with E-state index in [0.717, 1.165) is 37.5 Å². The van der Waals surface area contributed by atoms with Crippen LogP contribution in [0.25, 0.3) is 11.1 Å². The Kier molecular flexibility index (Phi) is 4.67. The molecule has 2 fully saturated rings. The minimum absolute atomic E-state index is 0.175. The Hall–Kier alpha value is -1.65. The molecule has 1 aromatic carbocycles. The molecule has 0 bridgehead atoms. The fraction of sp³-hybridized carbons (Fsp3) is 0.450. The molecule has 1 aromatic heterocycles. The molecule has 24 heavy (non-hydrogen) atoms. The molecular weight excluding hydrogens is 316 g/mol. The second-order valence-electron chi connectivity index (χ2n) is 6.95. The lowest BCUT2D eigenvalue weighted by atomic mass is 9.91. The molecule has 1 N–H and O–H groups in total. The highest BCUT2D eigenvalue weighted by atomic mass is 32.1. The smallest absolute Gasteiger partial charge is 0.253 e. The van der Waals surface area contributed by atoms with Gasteiger partial charge in [-0.15, -0.1) is 0 Å². The third kappa shape index (κ3) is 3.40. The lowest BCUT2D eigenvalue weighted by Crippen LogP contribution is -2.49. The third-order valence-electron chi connectivity index (χ3n) is 5.35. The molecule has 1 aliphatic carbocycles. The predicted octanol–water partition coefficient (Wildman–Crippen LogP) is 4.16. The monoisotopic (exact) mass is 340 g/mol. The van der Waals surface area contributed by atoms with E-state index in [1.165, 1.54) is 30.4 Å². The standard InChI is InChI=1S/C20H24N2OS/c23-20(16-6-4-15(5-7-16)17-10-13-24-14-17)22-11-8-19(9-12-22)21-18-2-1-3-18/h4-7,10,13-14,18-19,21H,1-3,8-9,11-12H2. The molecule has 0 atom stereocenters. The van der Waals surface area contributed by atoms with Gasteiger partial charge in [-0.3, -0.25) is 4.79 Å². The number of rotatable bonds is 4. The van der Waals surface area contributed by atoms with E-state index in [0.29, 0.717) is 6.04 Å². The normalized spacial score (nSPS) is 19.2. The Bertz CT molecular complexity index is 668. The van der Waals surface area contributed by atoms with Crippen molar-refractivity contribution in [1.29, 1.82) is 0 Å². The van der Waals surface area contributed by atoms with E-state index in [4.69, 9.17) is 0 Å². The van der Waals surface area contributed by atoms with Gasteiger partial charge < -0.3 is 10.2 Å². The minimum atomic E-state index is 0.175. The number of nitrogens with zero attached hydrogens (tertiary/aromatic N) is 1. The maximum absolute atomic E-state index is 12.7. The minimum Gasteiger partial charge on any atom is -0.339 e. The Labute approximate surface area is 147 Å². The summed E-state index contributed by atoms with van der Waals surface area (Å²) in [4.78, 5) is 14.7.